The Labute approximate surface area is 194 Å². The highest BCUT2D eigenvalue weighted by Gasteiger charge is 2.21. The Morgan fingerprint density at radius 2 is 1.47 bits per heavy atom. The molecule has 3 heterocycles. The van der Waals surface area contributed by atoms with Crippen molar-refractivity contribution in [1.82, 2.24) is 14.5 Å². The second kappa shape index (κ2) is 8.58. The molecule has 1 fully saturated rings. The molecule has 172 valence electrons. The third-order valence-electron chi connectivity index (χ3n) is 6.06. The number of rotatable bonds is 4. The normalized spacial score (nSPS) is 13.9. The second-order valence-corrected chi connectivity index (χ2v) is 8.16. The molecule has 1 N–H and O–H groups in total. The van der Waals surface area contributed by atoms with Crippen molar-refractivity contribution in [2.24, 2.45) is 0 Å². The monoisotopic (exact) mass is 459 g/mol. The van der Waals surface area contributed by atoms with E-state index in [-0.39, 0.29) is 16.9 Å². The molecule has 1 aliphatic rings. The molecule has 0 aliphatic carbocycles. The maximum absolute atomic E-state index is 13.2. The van der Waals surface area contributed by atoms with Gasteiger partial charge in [0.05, 0.1) is 16.9 Å². The van der Waals surface area contributed by atoms with Crippen LogP contribution in [0.15, 0.2) is 65.5 Å². The number of anilines is 2. The van der Waals surface area contributed by atoms with E-state index >= 15 is 0 Å². The van der Waals surface area contributed by atoms with Gasteiger partial charge in [-0.05, 0) is 61.5 Å². The van der Waals surface area contributed by atoms with Crippen LogP contribution in [0.1, 0.15) is 16.1 Å². The van der Waals surface area contributed by atoms with Gasteiger partial charge >= 0.3 is 5.97 Å². The SMILES string of the molecule is Cc1nc(N2CCN(c3ccc(F)cc3)CC2)nc2c1ccc(=O)n2-c1ccc(C(=O)O)cc1. The molecule has 0 spiro atoms. The first-order chi connectivity index (χ1) is 16.4. The molecule has 0 atom stereocenters. The summed E-state index contributed by atoms with van der Waals surface area (Å²) in [4.78, 5) is 37.7. The first-order valence-corrected chi connectivity index (χ1v) is 10.9. The van der Waals surface area contributed by atoms with Gasteiger partial charge < -0.3 is 14.9 Å². The van der Waals surface area contributed by atoms with Gasteiger partial charge in [-0.2, -0.15) is 4.98 Å². The summed E-state index contributed by atoms with van der Waals surface area (Å²) in [5, 5.41) is 9.92. The molecular formula is C25H22FN5O3. The van der Waals surface area contributed by atoms with Crippen molar-refractivity contribution in [3.05, 3.63) is 88.1 Å². The fraction of sp³-hybridized carbons (Fsp3) is 0.200. The van der Waals surface area contributed by atoms with E-state index in [9.17, 15) is 19.1 Å². The predicted octanol–water partition coefficient (Wildman–Crippen LogP) is 3.25. The van der Waals surface area contributed by atoms with Crippen LogP contribution in [0.4, 0.5) is 16.0 Å². The number of benzene rings is 2. The third-order valence-corrected chi connectivity index (χ3v) is 6.06. The van der Waals surface area contributed by atoms with Crippen LogP contribution in [0.5, 0.6) is 0 Å². The van der Waals surface area contributed by atoms with Crippen LogP contribution >= 0.6 is 0 Å². The smallest absolute Gasteiger partial charge is 0.335 e. The lowest BCUT2D eigenvalue weighted by atomic mass is 10.2. The van der Waals surface area contributed by atoms with Gasteiger partial charge in [0.1, 0.15) is 5.82 Å². The lowest BCUT2D eigenvalue weighted by Gasteiger charge is -2.36. The molecule has 9 heteroatoms. The summed E-state index contributed by atoms with van der Waals surface area (Å²) < 4.78 is 14.7. The first-order valence-electron chi connectivity index (χ1n) is 10.9. The summed E-state index contributed by atoms with van der Waals surface area (Å²) in [5.41, 5.74) is 2.60. The lowest BCUT2D eigenvalue weighted by Crippen LogP contribution is -2.47. The maximum Gasteiger partial charge on any atom is 0.335 e. The number of fused-ring (bicyclic) bond motifs is 1. The Bertz CT molecular complexity index is 1430. The number of aromatic carboxylic acids is 1. The van der Waals surface area contributed by atoms with E-state index in [1.165, 1.54) is 34.9 Å². The molecule has 5 rings (SSSR count). The number of halogens is 1. The van der Waals surface area contributed by atoms with Gasteiger partial charge in [0.15, 0.2) is 5.65 Å². The standard InChI is InChI=1S/C25H22FN5O3/c1-16-21-10-11-22(32)31(20-6-2-17(3-7-20)24(33)34)23(21)28-25(27-16)30-14-12-29(13-15-30)19-8-4-18(26)5-9-19/h2-11H,12-15H2,1H3,(H,33,34). The van der Waals surface area contributed by atoms with Gasteiger partial charge in [-0.15, -0.1) is 0 Å². The van der Waals surface area contributed by atoms with E-state index in [2.05, 4.69) is 14.8 Å². The fourth-order valence-corrected chi connectivity index (χ4v) is 4.21. The minimum atomic E-state index is -1.03. The van der Waals surface area contributed by atoms with Gasteiger partial charge in [0.2, 0.25) is 5.95 Å². The molecule has 2 aromatic carbocycles. The number of carboxylic acids is 1. The van der Waals surface area contributed by atoms with Crippen molar-refractivity contribution in [2.45, 2.75) is 6.92 Å². The van der Waals surface area contributed by atoms with Gasteiger partial charge in [-0.3, -0.25) is 9.36 Å². The summed E-state index contributed by atoms with van der Waals surface area (Å²) in [6, 6.07) is 15.8. The van der Waals surface area contributed by atoms with E-state index in [0.717, 1.165) is 29.9 Å². The minimum Gasteiger partial charge on any atom is -0.478 e. The molecule has 0 unspecified atom stereocenters. The van der Waals surface area contributed by atoms with Crippen molar-refractivity contribution >= 4 is 28.6 Å². The largest absolute Gasteiger partial charge is 0.478 e. The Kier molecular flexibility index (Phi) is 5.45. The Hall–Kier alpha value is -4.27. The highest BCUT2D eigenvalue weighted by molar-refractivity contribution is 5.88. The average molecular weight is 459 g/mol. The molecule has 1 aliphatic heterocycles. The zero-order valence-corrected chi connectivity index (χ0v) is 18.5. The van der Waals surface area contributed by atoms with Crippen LogP contribution in [0.3, 0.4) is 0 Å². The van der Waals surface area contributed by atoms with Crippen molar-refractivity contribution in [2.75, 3.05) is 36.0 Å². The van der Waals surface area contributed by atoms with E-state index in [4.69, 9.17) is 4.98 Å². The Balaban J connectivity index is 1.49. The third kappa shape index (κ3) is 3.96. The number of hydrogen-bond acceptors (Lipinski definition) is 6. The van der Waals surface area contributed by atoms with Crippen molar-refractivity contribution in [1.29, 1.82) is 0 Å². The zero-order valence-electron chi connectivity index (χ0n) is 18.5. The van der Waals surface area contributed by atoms with Crippen LogP contribution in [-0.4, -0.2) is 51.8 Å². The van der Waals surface area contributed by atoms with Crippen molar-refractivity contribution < 1.29 is 14.3 Å². The topological polar surface area (TPSA) is 91.6 Å². The number of carbonyl (C=O) groups is 1. The van der Waals surface area contributed by atoms with Gasteiger partial charge in [0, 0.05) is 43.3 Å². The molecule has 8 nitrogen and oxygen atoms in total. The highest BCUT2D eigenvalue weighted by atomic mass is 19.1. The summed E-state index contributed by atoms with van der Waals surface area (Å²) in [7, 11) is 0. The van der Waals surface area contributed by atoms with E-state index in [0.29, 0.717) is 30.4 Å². The molecule has 1 saturated heterocycles. The maximum atomic E-state index is 13.2. The highest BCUT2D eigenvalue weighted by Crippen LogP contribution is 2.23. The van der Waals surface area contributed by atoms with E-state index < -0.39 is 5.97 Å². The quantitative estimate of drug-likeness (QED) is 0.501. The van der Waals surface area contributed by atoms with E-state index in [1.54, 1.807) is 30.3 Å². The number of pyridine rings is 1. The summed E-state index contributed by atoms with van der Waals surface area (Å²) in [5.74, 6) is -0.756. The Morgan fingerprint density at radius 1 is 0.853 bits per heavy atom. The molecule has 2 aromatic heterocycles. The summed E-state index contributed by atoms with van der Waals surface area (Å²) in [6.45, 7) is 4.68. The minimum absolute atomic E-state index is 0.141. The van der Waals surface area contributed by atoms with Crippen LogP contribution in [-0.2, 0) is 0 Å². The predicted molar refractivity (Wildman–Crippen MR) is 128 cm³/mol. The number of hydrogen-bond donors (Lipinski definition) is 1. The lowest BCUT2D eigenvalue weighted by molar-refractivity contribution is 0.0697. The Morgan fingerprint density at radius 3 is 2.12 bits per heavy atom. The van der Waals surface area contributed by atoms with Gasteiger partial charge in [-0.1, -0.05) is 0 Å². The molecular weight excluding hydrogens is 437 g/mol. The summed E-state index contributed by atoms with van der Waals surface area (Å²) >= 11 is 0. The van der Waals surface area contributed by atoms with Crippen molar-refractivity contribution in [3.63, 3.8) is 0 Å². The van der Waals surface area contributed by atoms with Crippen LogP contribution in [0, 0.1) is 12.7 Å². The number of piperazine rings is 1. The van der Waals surface area contributed by atoms with Crippen LogP contribution in [0.25, 0.3) is 16.7 Å². The number of carboxylic acid groups (broad SMARTS) is 1. The summed E-state index contributed by atoms with van der Waals surface area (Å²) in [6.07, 6.45) is 0. The first kappa shape index (κ1) is 21.6. The molecule has 0 bridgehead atoms. The van der Waals surface area contributed by atoms with Gasteiger partial charge in [-0.25, -0.2) is 14.2 Å². The van der Waals surface area contributed by atoms with E-state index in [1.807, 2.05) is 6.92 Å². The number of aryl methyl sites for hydroxylation is 1. The van der Waals surface area contributed by atoms with Gasteiger partial charge in [0.25, 0.3) is 5.56 Å². The molecule has 0 radical (unpaired) electrons. The van der Waals surface area contributed by atoms with Crippen molar-refractivity contribution in [3.8, 4) is 5.69 Å². The average Bonchev–Trinajstić information content (AvgIpc) is 2.84. The fourth-order valence-electron chi connectivity index (χ4n) is 4.21. The van der Waals surface area contributed by atoms with Crippen LogP contribution < -0.4 is 15.4 Å². The molecule has 34 heavy (non-hydrogen) atoms. The molecule has 0 saturated carbocycles. The second-order valence-electron chi connectivity index (χ2n) is 8.16. The molecule has 0 amide bonds. The zero-order chi connectivity index (χ0) is 23.8. The van der Waals surface area contributed by atoms with Crippen LogP contribution in [0.2, 0.25) is 0 Å². The molecule has 4 aromatic rings. The number of aromatic nitrogens is 3. The number of nitrogens with zero attached hydrogens (tertiary/aromatic N) is 5.